The summed E-state index contributed by atoms with van der Waals surface area (Å²) in [5.74, 6) is -2.14. The number of amides is 1. The summed E-state index contributed by atoms with van der Waals surface area (Å²) in [5.41, 5.74) is 12.5. The third-order valence-electron chi connectivity index (χ3n) is 5.64. The minimum atomic E-state index is -1.25. The molecule has 0 radical (unpaired) electrons. The van der Waals surface area contributed by atoms with Crippen LogP contribution in [0.2, 0.25) is 0 Å². The Labute approximate surface area is 189 Å². The van der Waals surface area contributed by atoms with E-state index in [9.17, 15) is 19.5 Å². The van der Waals surface area contributed by atoms with Crippen molar-refractivity contribution in [3.05, 3.63) is 35.9 Å². The lowest BCUT2D eigenvalue weighted by atomic mass is 10.1. The molecule has 9 heteroatoms. The van der Waals surface area contributed by atoms with Gasteiger partial charge in [0.05, 0.1) is 6.04 Å². The second kappa shape index (κ2) is 13.8. The molecule has 1 aliphatic rings. The Kier molecular flexibility index (Phi) is 11.1. The molecule has 0 saturated carbocycles. The monoisotopic (exact) mass is 448 g/mol. The topological polar surface area (TPSA) is 148 Å². The highest BCUT2D eigenvalue weighted by molar-refractivity contribution is 5.89. The van der Waals surface area contributed by atoms with E-state index in [0.717, 1.165) is 31.5 Å². The molecule has 0 bridgehead atoms. The molecule has 2 rings (SSSR count). The Hall–Kier alpha value is -2.49. The van der Waals surface area contributed by atoms with Gasteiger partial charge in [-0.25, -0.2) is 9.59 Å². The van der Waals surface area contributed by atoms with E-state index in [1.54, 1.807) is 0 Å². The maximum absolute atomic E-state index is 12.8. The first-order valence-electron chi connectivity index (χ1n) is 11.4. The van der Waals surface area contributed by atoms with Crippen molar-refractivity contribution < 1.29 is 24.2 Å². The summed E-state index contributed by atoms with van der Waals surface area (Å²) in [6.45, 7) is 2.58. The van der Waals surface area contributed by atoms with Crippen LogP contribution in [0.1, 0.15) is 44.1 Å². The van der Waals surface area contributed by atoms with Crippen molar-refractivity contribution >= 4 is 17.8 Å². The molecule has 1 amide bonds. The normalized spacial score (nSPS) is 17.7. The van der Waals surface area contributed by atoms with Crippen molar-refractivity contribution in [1.82, 2.24) is 10.2 Å². The van der Waals surface area contributed by atoms with Crippen molar-refractivity contribution in [2.24, 2.45) is 11.5 Å². The Morgan fingerprint density at radius 1 is 1.16 bits per heavy atom. The minimum absolute atomic E-state index is 0.170. The smallest absolute Gasteiger partial charge is 0.345 e. The summed E-state index contributed by atoms with van der Waals surface area (Å²) in [6, 6.07) is 7.96. The molecule has 6 N–H and O–H groups in total. The fourth-order valence-electron chi connectivity index (χ4n) is 3.85. The van der Waals surface area contributed by atoms with E-state index >= 15 is 0 Å². The lowest BCUT2D eigenvalue weighted by molar-refractivity contribution is -0.168. The number of nitrogens with one attached hydrogen (secondary N) is 1. The number of unbranched alkanes of at least 4 members (excludes halogenated alkanes) is 1. The zero-order chi connectivity index (χ0) is 23.3. The molecule has 1 fully saturated rings. The number of ether oxygens (including phenoxy) is 1. The van der Waals surface area contributed by atoms with Crippen LogP contribution < -0.4 is 16.8 Å². The average molecular weight is 449 g/mol. The van der Waals surface area contributed by atoms with Gasteiger partial charge in [-0.2, -0.15) is 0 Å². The van der Waals surface area contributed by atoms with Crippen molar-refractivity contribution in [3.8, 4) is 0 Å². The number of carboxylic acid groups (broad SMARTS) is 1. The number of aliphatic carboxylic acids is 1. The average Bonchev–Trinajstić information content (AvgIpc) is 3.28. The number of hydrogen-bond acceptors (Lipinski definition) is 7. The molecule has 1 aliphatic heterocycles. The summed E-state index contributed by atoms with van der Waals surface area (Å²) in [7, 11) is 0. The number of carboxylic acids is 1. The molecule has 9 nitrogen and oxygen atoms in total. The third kappa shape index (κ3) is 8.22. The van der Waals surface area contributed by atoms with Crippen molar-refractivity contribution in [2.75, 3.05) is 26.2 Å². The standard InChI is InChI=1S/C23H36N4O5/c24-13-15-26-14-5-4-9-18(25)21(28)27-16-6-10-19(27)23(31)32-20(22(29)30)12-11-17-7-2-1-3-8-17/h1-3,7-8,18-20,26H,4-6,9-16,24-25H2,(H,29,30)/t18-,19-,20-/m0/s1. The summed E-state index contributed by atoms with van der Waals surface area (Å²) in [4.78, 5) is 38.6. The first kappa shape index (κ1) is 25.8. The number of rotatable bonds is 14. The molecule has 1 saturated heterocycles. The Morgan fingerprint density at radius 2 is 1.91 bits per heavy atom. The van der Waals surface area contributed by atoms with Crippen LogP contribution in [0.25, 0.3) is 0 Å². The van der Waals surface area contributed by atoms with Gasteiger partial charge in [-0.1, -0.05) is 36.8 Å². The Bertz CT molecular complexity index is 730. The number of aryl methyl sites for hydroxylation is 1. The highest BCUT2D eigenvalue weighted by atomic mass is 16.6. The zero-order valence-corrected chi connectivity index (χ0v) is 18.6. The van der Waals surface area contributed by atoms with Crippen LogP contribution in [0.5, 0.6) is 0 Å². The largest absolute Gasteiger partial charge is 0.479 e. The highest BCUT2D eigenvalue weighted by Crippen LogP contribution is 2.21. The van der Waals surface area contributed by atoms with E-state index in [2.05, 4.69) is 5.32 Å². The molecule has 1 heterocycles. The van der Waals surface area contributed by atoms with E-state index in [0.29, 0.717) is 38.8 Å². The van der Waals surface area contributed by atoms with Crippen LogP contribution in [0.3, 0.4) is 0 Å². The molecule has 32 heavy (non-hydrogen) atoms. The van der Waals surface area contributed by atoms with Gasteiger partial charge in [-0.15, -0.1) is 0 Å². The van der Waals surface area contributed by atoms with Gasteiger partial charge in [-0.05, 0) is 50.6 Å². The van der Waals surface area contributed by atoms with Gasteiger partial charge in [0.15, 0.2) is 6.10 Å². The number of nitrogens with zero attached hydrogens (tertiary/aromatic N) is 1. The van der Waals surface area contributed by atoms with E-state index in [4.69, 9.17) is 16.2 Å². The zero-order valence-electron chi connectivity index (χ0n) is 18.6. The fraction of sp³-hybridized carbons (Fsp3) is 0.609. The first-order valence-corrected chi connectivity index (χ1v) is 11.4. The lowest BCUT2D eigenvalue weighted by Crippen LogP contribution is -2.49. The van der Waals surface area contributed by atoms with Gasteiger partial charge in [0.2, 0.25) is 5.91 Å². The fourth-order valence-corrected chi connectivity index (χ4v) is 3.85. The van der Waals surface area contributed by atoms with Gasteiger partial charge in [-0.3, -0.25) is 4.79 Å². The molecule has 1 aromatic carbocycles. The maximum Gasteiger partial charge on any atom is 0.345 e. The van der Waals surface area contributed by atoms with Crippen molar-refractivity contribution in [3.63, 3.8) is 0 Å². The number of benzene rings is 1. The summed E-state index contributed by atoms with van der Waals surface area (Å²) < 4.78 is 5.32. The molecule has 178 valence electrons. The molecule has 0 aromatic heterocycles. The molecule has 0 unspecified atom stereocenters. The quantitative estimate of drug-likeness (QED) is 0.240. The Morgan fingerprint density at radius 3 is 2.59 bits per heavy atom. The SMILES string of the molecule is NCCNCCCC[C@H](N)C(=O)N1CCC[C@H]1C(=O)O[C@@H](CCc1ccccc1)C(=O)O. The van der Waals surface area contributed by atoms with Crippen LogP contribution >= 0.6 is 0 Å². The molecule has 3 atom stereocenters. The van der Waals surface area contributed by atoms with Crippen LogP contribution in [0.4, 0.5) is 0 Å². The number of likely N-dealkylation sites (tertiary alicyclic amines) is 1. The van der Waals surface area contributed by atoms with Gasteiger partial charge in [0, 0.05) is 19.6 Å². The van der Waals surface area contributed by atoms with E-state index in [1.807, 2.05) is 30.3 Å². The molecule has 1 aromatic rings. The molecule has 0 aliphatic carbocycles. The predicted octanol–water partition coefficient (Wildman–Crippen LogP) is 0.653. The van der Waals surface area contributed by atoms with E-state index in [-0.39, 0.29) is 12.3 Å². The van der Waals surface area contributed by atoms with Gasteiger partial charge < -0.3 is 31.5 Å². The number of carbonyl (C=O) groups is 3. The second-order valence-corrected chi connectivity index (χ2v) is 8.12. The Balaban J connectivity index is 1.85. The molecule has 0 spiro atoms. The van der Waals surface area contributed by atoms with Crippen molar-refractivity contribution in [1.29, 1.82) is 0 Å². The van der Waals surface area contributed by atoms with Crippen LogP contribution in [-0.4, -0.2) is 72.2 Å². The molecular formula is C23H36N4O5. The number of hydrogen-bond donors (Lipinski definition) is 4. The van der Waals surface area contributed by atoms with Crippen LogP contribution in [-0.2, 0) is 25.5 Å². The van der Waals surface area contributed by atoms with E-state index < -0.39 is 30.1 Å². The highest BCUT2D eigenvalue weighted by Gasteiger charge is 2.38. The van der Waals surface area contributed by atoms with Gasteiger partial charge in [0.25, 0.3) is 0 Å². The summed E-state index contributed by atoms with van der Waals surface area (Å²) >= 11 is 0. The second-order valence-electron chi connectivity index (χ2n) is 8.12. The molecular weight excluding hydrogens is 412 g/mol. The predicted molar refractivity (Wildman–Crippen MR) is 121 cm³/mol. The number of carbonyl (C=O) groups excluding carboxylic acids is 2. The lowest BCUT2D eigenvalue weighted by Gasteiger charge is -2.27. The third-order valence-corrected chi connectivity index (χ3v) is 5.64. The summed E-state index contributed by atoms with van der Waals surface area (Å²) in [6.07, 6.45) is 2.69. The van der Waals surface area contributed by atoms with Gasteiger partial charge in [0.1, 0.15) is 6.04 Å². The minimum Gasteiger partial charge on any atom is -0.479 e. The van der Waals surface area contributed by atoms with Crippen LogP contribution in [0, 0.1) is 0 Å². The van der Waals surface area contributed by atoms with E-state index in [1.165, 1.54) is 4.90 Å². The number of nitrogens with two attached hydrogens (primary N) is 2. The number of esters is 1. The summed E-state index contributed by atoms with van der Waals surface area (Å²) in [5, 5.41) is 12.7. The van der Waals surface area contributed by atoms with Crippen LogP contribution in [0.15, 0.2) is 30.3 Å². The van der Waals surface area contributed by atoms with Crippen molar-refractivity contribution in [2.45, 2.75) is 63.1 Å². The first-order chi connectivity index (χ1) is 15.4. The van der Waals surface area contributed by atoms with Gasteiger partial charge >= 0.3 is 11.9 Å². The maximum atomic E-state index is 12.8.